The third kappa shape index (κ3) is 3.51. The number of nitrogens with two attached hydrogens (primary N) is 1. The average molecular weight is 276 g/mol. The molecule has 2 rings (SSSR count). The van der Waals surface area contributed by atoms with Gasteiger partial charge >= 0.3 is 0 Å². The molecule has 1 aromatic rings. The van der Waals surface area contributed by atoms with Gasteiger partial charge in [-0.05, 0) is 50.3 Å². The topological polar surface area (TPSA) is 55.6 Å². The Bertz CT molecular complexity index is 462. The Morgan fingerprint density at radius 2 is 2.25 bits per heavy atom. The summed E-state index contributed by atoms with van der Waals surface area (Å²) in [6.45, 7) is 3.79. The summed E-state index contributed by atoms with van der Waals surface area (Å²) in [7, 11) is 1.71. The van der Waals surface area contributed by atoms with Gasteiger partial charge in [-0.1, -0.05) is 18.2 Å². The van der Waals surface area contributed by atoms with Crippen LogP contribution in [0.4, 0.5) is 0 Å². The first-order valence-corrected chi connectivity index (χ1v) is 7.27. The predicted octanol–water partition coefficient (Wildman–Crippen LogP) is 1.82. The van der Waals surface area contributed by atoms with Crippen LogP contribution in [0.25, 0.3) is 0 Å². The second kappa shape index (κ2) is 6.75. The SMILES string of the molecule is COc1ccccc1C[C@H]1CCCN([C@H](C)C(N)=O)C1. The van der Waals surface area contributed by atoms with Gasteiger partial charge in [0.05, 0.1) is 13.2 Å². The van der Waals surface area contributed by atoms with Gasteiger partial charge in [0.1, 0.15) is 5.75 Å². The van der Waals surface area contributed by atoms with E-state index in [4.69, 9.17) is 10.5 Å². The predicted molar refractivity (Wildman–Crippen MR) is 79.7 cm³/mol. The van der Waals surface area contributed by atoms with Crippen molar-refractivity contribution in [1.29, 1.82) is 0 Å². The van der Waals surface area contributed by atoms with Gasteiger partial charge in [0.15, 0.2) is 0 Å². The van der Waals surface area contributed by atoms with E-state index in [2.05, 4.69) is 11.0 Å². The smallest absolute Gasteiger partial charge is 0.234 e. The van der Waals surface area contributed by atoms with E-state index in [1.54, 1.807) is 7.11 Å². The van der Waals surface area contributed by atoms with Crippen molar-refractivity contribution < 1.29 is 9.53 Å². The number of rotatable bonds is 5. The molecule has 2 atom stereocenters. The fraction of sp³-hybridized carbons (Fsp3) is 0.562. The van der Waals surface area contributed by atoms with Crippen LogP contribution in [0.15, 0.2) is 24.3 Å². The monoisotopic (exact) mass is 276 g/mol. The van der Waals surface area contributed by atoms with Crippen LogP contribution < -0.4 is 10.5 Å². The minimum atomic E-state index is -0.233. The van der Waals surface area contributed by atoms with E-state index in [0.29, 0.717) is 5.92 Å². The first-order valence-electron chi connectivity index (χ1n) is 7.27. The van der Waals surface area contributed by atoms with Crippen molar-refractivity contribution in [3.05, 3.63) is 29.8 Å². The number of ether oxygens (including phenoxy) is 1. The van der Waals surface area contributed by atoms with E-state index >= 15 is 0 Å². The highest BCUT2D eigenvalue weighted by Crippen LogP contribution is 2.26. The molecule has 0 aliphatic carbocycles. The highest BCUT2D eigenvalue weighted by atomic mass is 16.5. The van der Waals surface area contributed by atoms with Crippen molar-refractivity contribution in [2.24, 2.45) is 11.7 Å². The zero-order valence-corrected chi connectivity index (χ0v) is 12.3. The number of carbonyl (C=O) groups is 1. The van der Waals surface area contributed by atoms with E-state index in [1.165, 1.54) is 12.0 Å². The maximum absolute atomic E-state index is 11.3. The molecule has 1 saturated heterocycles. The molecule has 1 heterocycles. The summed E-state index contributed by atoms with van der Waals surface area (Å²) >= 11 is 0. The molecule has 4 nitrogen and oxygen atoms in total. The van der Waals surface area contributed by atoms with Crippen molar-refractivity contribution >= 4 is 5.91 Å². The van der Waals surface area contributed by atoms with Gasteiger partial charge in [-0.25, -0.2) is 0 Å². The zero-order valence-electron chi connectivity index (χ0n) is 12.3. The van der Waals surface area contributed by atoms with Crippen LogP contribution in [0.1, 0.15) is 25.3 Å². The summed E-state index contributed by atoms with van der Waals surface area (Å²) in [6, 6.07) is 7.99. The number of methoxy groups -OCH3 is 1. The second-order valence-corrected chi connectivity index (χ2v) is 5.60. The number of nitrogens with zero attached hydrogens (tertiary/aromatic N) is 1. The van der Waals surface area contributed by atoms with Crippen LogP contribution in [0.3, 0.4) is 0 Å². The Kier molecular flexibility index (Phi) is 5.01. The first kappa shape index (κ1) is 14.9. The molecule has 0 aromatic heterocycles. The fourth-order valence-electron chi connectivity index (χ4n) is 2.98. The largest absolute Gasteiger partial charge is 0.496 e. The van der Waals surface area contributed by atoms with E-state index in [9.17, 15) is 4.79 Å². The van der Waals surface area contributed by atoms with E-state index in [0.717, 1.165) is 31.7 Å². The van der Waals surface area contributed by atoms with Crippen LogP contribution in [0.2, 0.25) is 0 Å². The van der Waals surface area contributed by atoms with Crippen LogP contribution in [-0.4, -0.2) is 37.0 Å². The molecular formula is C16H24N2O2. The van der Waals surface area contributed by atoms with E-state index in [-0.39, 0.29) is 11.9 Å². The number of likely N-dealkylation sites (tertiary alicyclic amines) is 1. The molecule has 110 valence electrons. The number of carbonyl (C=O) groups excluding carboxylic acids is 1. The lowest BCUT2D eigenvalue weighted by atomic mass is 9.90. The number of benzene rings is 1. The van der Waals surface area contributed by atoms with Gasteiger partial charge in [-0.3, -0.25) is 9.69 Å². The zero-order chi connectivity index (χ0) is 14.5. The summed E-state index contributed by atoms with van der Waals surface area (Å²) in [5, 5.41) is 0. The van der Waals surface area contributed by atoms with Crippen molar-refractivity contribution in [1.82, 2.24) is 4.90 Å². The number of amides is 1. The van der Waals surface area contributed by atoms with Crippen molar-refractivity contribution in [3.8, 4) is 5.75 Å². The van der Waals surface area contributed by atoms with Crippen molar-refractivity contribution in [2.75, 3.05) is 20.2 Å². The third-order valence-electron chi connectivity index (χ3n) is 4.21. The maximum Gasteiger partial charge on any atom is 0.234 e. The first-order chi connectivity index (χ1) is 9.61. The van der Waals surface area contributed by atoms with Gasteiger partial charge in [0, 0.05) is 6.54 Å². The number of hydrogen-bond donors (Lipinski definition) is 1. The Balaban J connectivity index is 2.01. The second-order valence-electron chi connectivity index (χ2n) is 5.60. The Labute approximate surface area is 120 Å². The molecular weight excluding hydrogens is 252 g/mol. The van der Waals surface area contributed by atoms with E-state index < -0.39 is 0 Å². The Morgan fingerprint density at radius 1 is 1.50 bits per heavy atom. The molecule has 0 spiro atoms. The molecule has 1 aromatic carbocycles. The molecule has 0 unspecified atom stereocenters. The average Bonchev–Trinajstić information content (AvgIpc) is 2.47. The summed E-state index contributed by atoms with van der Waals surface area (Å²) in [4.78, 5) is 13.5. The minimum Gasteiger partial charge on any atom is -0.496 e. The molecule has 0 saturated carbocycles. The third-order valence-corrected chi connectivity index (χ3v) is 4.21. The van der Waals surface area contributed by atoms with Gasteiger partial charge in [-0.15, -0.1) is 0 Å². The van der Waals surface area contributed by atoms with Crippen LogP contribution >= 0.6 is 0 Å². The Hall–Kier alpha value is -1.55. The van der Waals surface area contributed by atoms with Gasteiger partial charge < -0.3 is 10.5 Å². The maximum atomic E-state index is 11.3. The summed E-state index contributed by atoms with van der Waals surface area (Å²) in [6.07, 6.45) is 3.31. The summed E-state index contributed by atoms with van der Waals surface area (Å²) in [5.41, 5.74) is 6.65. The molecule has 2 N–H and O–H groups in total. The number of para-hydroxylation sites is 1. The molecule has 4 heteroatoms. The van der Waals surface area contributed by atoms with Gasteiger partial charge in [0.2, 0.25) is 5.91 Å². The number of piperidine rings is 1. The standard InChI is InChI=1S/C16H24N2O2/c1-12(16(17)19)18-9-5-6-13(11-18)10-14-7-3-4-8-15(14)20-2/h3-4,7-8,12-13H,5-6,9-11H2,1-2H3,(H2,17,19)/t12-,13-/m1/s1. The lowest BCUT2D eigenvalue weighted by Gasteiger charge is -2.35. The fourth-order valence-corrected chi connectivity index (χ4v) is 2.98. The molecule has 1 aliphatic rings. The van der Waals surface area contributed by atoms with Crippen LogP contribution in [-0.2, 0) is 11.2 Å². The van der Waals surface area contributed by atoms with Gasteiger partial charge in [0.25, 0.3) is 0 Å². The molecule has 1 aliphatic heterocycles. The molecule has 0 radical (unpaired) electrons. The number of hydrogen-bond acceptors (Lipinski definition) is 3. The minimum absolute atomic E-state index is 0.171. The van der Waals surface area contributed by atoms with E-state index in [1.807, 2.05) is 25.1 Å². The van der Waals surface area contributed by atoms with Gasteiger partial charge in [-0.2, -0.15) is 0 Å². The van der Waals surface area contributed by atoms with Crippen LogP contribution in [0, 0.1) is 5.92 Å². The molecule has 1 fully saturated rings. The number of primary amides is 1. The summed E-state index contributed by atoms with van der Waals surface area (Å²) in [5.74, 6) is 1.28. The molecule has 0 bridgehead atoms. The van der Waals surface area contributed by atoms with Crippen LogP contribution in [0.5, 0.6) is 5.75 Å². The normalized spacial score (nSPS) is 21.4. The lowest BCUT2D eigenvalue weighted by molar-refractivity contribution is -0.123. The lowest BCUT2D eigenvalue weighted by Crippen LogP contribution is -2.47. The molecule has 1 amide bonds. The highest BCUT2D eigenvalue weighted by molar-refractivity contribution is 5.79. The Morgan fingerprint density at radius 3 is 2.95 bits per heavy atom. The quantitative estimate of drug-likeness (QED) is 0.892. The highest BCUT2D eigenvalue weighted by Gasteiger charge is 2.26. The van der Waals surface area contributed by atoms with Crippen molar-refractivity contribution in [2.45, 2.75) is 32.2 Å². The van der Waals surface area contributed by atoms with Crippen molar-refractivity contribution in [3.63, 3.8) is 0 Å². The molecule has 20 heavy (non-hydrogen) atoms. The summed E-state index contributed by atoms with van der Waals surface area (Å²) < 4.78 is 5.41.